The maximum Gasteiger partial charge on any atom is 0.192 e. The van der Waals surface area contributed by atoms with E-state index in [2.05, 4.69) is 15.3 Å². The van der Waals surface area contributed by atoms with Crippen LogP contribution in [0.5, 0.6) is 0 Å². The lowest BCUT2D eigenvalue weighted by atomic mass is 10.1. The molecule has 2 heterocycles. The molecule has 0 aliphatic carbocycles. The van der Waals surface area contributed by atoms with Gasteiger partial charge in [0, 0.05) is 17.9 Å². The molecule has 2 aromatic heterocycles. The van der Waals surface area contributed by atoms with Crippen molar-refractivity contribution in [3.63, 3.8) is 0 Å². The van der Waals surface area contributed by atoms with E-state index in [1.54, 1.807) is 11.3 Å². The predicted molar refractivity (Wildman–Crippen MR) is 64.6 cm³/mol. The number of aryl methyl sites for hydroxylation is 2. The topological polar surface area (TPSA) is 38.9 Å². The van der Waals surface area contributed by atoms with E-state index in [1.807, 2.05) is 32.0 Å². The second-order valence-electron chi connectivity index (χ2n) is 3.67. The van der Waals surface area contributed by atoms with Gasteiger partial charge in [0.1, 0.15) is 5.52 Å². The second-order valence-corrected chi connectivity index (χ2v) is 4.73. The first-order chi connectivity index (χ1) is 7.72. The molecule has 0 amide bonds. The third-order valence-electron chi connectivity index (χ3n) is 2.41. The summed E-state index contributed by atoms with van der Waals surface area (Å²) >= 11 is 1.65. The molecule has 3 aromatic rings. The van der Waals surface area contributed by atoms with Crippen LogP contribution >= 0.6 is 11.3 Å². The van der Waals surface area contributed by atoms with E-state index in [-0.39, 0.29) is 0 Å². The van der Waals surface area contributed by atoms with Gasteiger partial charge in [-0.2, -0.15) is 0 Å². The molecule has 0 saturated carbocycles. The van der Waals surface area contributed by atoms with Gasteiger partial charge in [0.15, 0.2) is 11.5 Å². The van der Waals surface area contributed by atoms with Gasteiger partial charge in [-0.1, -0.05) is 6.07 Å². The van der Waals surface area contributed by atoms with Crippen LogP contribution in [0, 0.1) is 13.8 Å². The van der Waals surface area contributed by atoms with Gasteiger partial charge in [-0.25, -0.2) is 9.97 Å². The Bertz CT molecular complexity index is 654. The minimum Gasteiger partial charge on any atom is -0.441 e. The lowest BCUT2D eigenvalue weighted by Crippen LogP contribution is -1.78. The van der Waals surface area contributed by atoms with Gasteiger partial charge < -0.3 is 4.42 Å². The maximum absolute atomic E-state index is 5.50. The van der Waals surface area contributed by atoms with Crippen molar-refractivity contribution in [1.82, 2.24) is 9.97 Å². The average molecular weight is 230 g/mol. The molecule has 0 unspecified atom stereocenters. The molecule has 0 aliphatic rings. The summed E-state index contributed by atoms with van der Waals surface area (Å²) in [6.07, 6.45) is 0. The standard InChI is InChI=1S/C12H10N2OS/c1-7-13-10-4-3-9(5-12(10)15-7)11-6-16-8(2)14-11/h3-6H,1-2H3. The van der Waals surface area contributed by atoms with Crippen LogP contribution < -0.4 is 0 Å². The van der Waals surface area contributed by atoms with E-state index in [0.29, 0.717) is 5.89 Å². The number of benzene rings is 1. The molecular weight excluding hydrogens is 220 g/mol. The van der Waals surface area contributed by atoms with E-state index in [0.717, 1.165) is 27.4 Å². The Kier molecular flexibility index (Phi) is 2.04. The summed E-state index contributed by atoms with van der Waals surface area (Å²) in [6.45, 7) is 3.86. The molecule has 0 bridgehead atoms. The molecule has 16 heavy (non-hydrogen) atoms. The number of fused-ring (bicyclic) bond motifs is 1. The van der Waals surface area contributed by atoms with Crippen LogP contribution in [-0.4, -0.2) is 9.97 Å². The number of oxazole rings is 1. The molecule has 0 fully saturated rings. The first-order valence-electron chi connectivity index (χ1n) is 5.02. The molecule has 0 radical (unpaired) electrons. The molecule has 0 atom stereocenters. The number of rotatable bonds is 1. The SMILES string of the molecule is Cc1nc2ccc(-c3csc(C)n3)cc2o1. The van der Waals surface area contributed by atoms with Crippen molar-refractivity contribution in [1.29, 1.82) is 0 Å². The largest absolute Gasteiger partial charge is 0.441 e. The molecule has 1 aromatic carbocycles. The zero-order chi connectivity index (χ0) is 11.1. The minimum atomic E-state index is 0.696. The van der Waals surface area contributed by atoms with Gasteiger partial charge >= 0.3 is 0 Å². The van der Waals surface area contributed by atoms with E-state index in [1.165, 1.54) is 0 Å². The van der Waals surface area contributed by atoms with E-state index in [4.69, 9.17) is 4.42 Å². The zero-order valence-electron chi connectivity index (χ0n) is 9.02. The van der Waals surface area contributed by atoms with Crippen molar-refractivity contribution < 1.29 is 4.42 Å². The first kappa shape index (κ1) is 9.54. The summed E-state index contributed by atoms with van der Waals surface area (Å²) in [5.74, 6) is 0.696. The fourth-order valence-corrected chi connectivity index (χ4v) is 2.32. The minimum absolute atomic E-state index is 0.696. The normalized spacial score (nSPS) is 11.1. The number of hydrogen-bond donors (Lipinski definition) is 0. The average Bonchev–Trinajstić information content (AvgIpc) is 2.81. The summed E-state index contributed by atoms with van der Waals surface area (Å²) in [6, 6.07) is 5.98. The van der Waals surface area contributed by atoms with Crippen LogP contribution in [0.15, 0.2) is 28.0 Å². The van der Waals surface area contributed by atoms with Crippen molar-refractivity contribution in [3.8, 4) is 11.3 Å². The molecule has 4 heteroatoms. The highest BCUT2D eigenvalue weighted by molar-refractivity contribution is 7.09. The van der Waals surface area contributed by atoms with Crippen LogP contribution in [-0.2, 0) is 0 Å². The number of hydrogen-bond acceptors (Lipinski definition) is 4. The highest BCUT2D eigenvalue weighted by Gasteiger charge is 2.06. The van der Waals surface area contributed by atoms with E-state index >= 15 is 0 Å². The Morgan fingerprint density at radius 3 is 2.81 bits per heavy atom. The van der Waals surface area contributed by atoms with Gasteiger partial charge in [-0.05, 0) is 19.1 Å². The fourth-order valence-electron chi connectivity index (χ4n) is 1.70. The van der Waals surface area contributed by atoms with Gasteiger partial charge in [0.25, 0.3) is 0 Å². The van der Waals surface area contributed by atoms with E-state index in [9.17, 15) is 0 Å². The molecule has 3 nitrogen and oxygen atoms in total. The van der Waals surface area contributed by atoms with Crippen LogP contribution in [0.25, 0.3) is 22.4 Å². The van der Waals surface area contributed by atoms with Crippen LogP contribution in [0.4, 0.5) is 0 Å². The van der Waals surface area contributed by atoms with Gasteiger partial charge in [-0.15, -0.1) is 11.3 Å². The van der Waals surface area contributed by atoms with Gasteiger partial charge in [-0.3, -0.25) is 0 Å². The van der Waals surface area contributed by atoms with Crippen LogP contribution in [0.2, 0.25) is 0 Å². The van der Waals surface area contributed by atoms with Crippen molar-refractivity contribution in [2.45, 2.75) is 13.8 Å². The Balaban J connectivity index is 2.17. The molecule has 80 valence electrons. The van der Waals surface area contributed by atoms with Crippen molar-refractivity contribution >= 4 is 22.4 Å². The summed E-state index contributed by atoms with van der Waals surface area (Å²) in [5.41, 5.74) is 3.79. The molecule has 0 aliphatic heterocycles. The summed E-state index contributed by atoms with van der Waals surface area (Å²) in [7, 11) is 0. The second kappa shape index (κ2) is 3.42. The Morgan fingerprint density at radius 2 is 2.06 bits per heavy atom. The third kappa shape index (κ3) is 1.51. The summed E-state index contributed by atoms with van der Waals surface area (Å²) in [5, 5.41) is 3.13. The fraction of sp³-hybridized carbons (Fsp3) is 0.167. The molecule has 0 N–H and O–H groups in total. The Hall–Kier alpha value is -1.68. The molecular formula is C12H10N2OS. The summed E-state index contributed by atoms with van der Waals surface area (Å²) in [4.78, 5) is 8.72. The van der Waals surface area contributed by atoms with Crippen molar-refractivity contribution in [2.24, 2.45) is 0 Å². The van der Waals surface area contributed by atoms with Crippen molar-refractivity contribution in [3.05, 3.63) is 34.5 Å². The number of thiazole rings is 1. The Labute approximate surface area is 96.8 Å². The smallest absolute Gasteiger partial charge is 0.192 e. The van der Waals surface area contributed by atoms with Gasteiger partial charge in [0.2, 0.25) is 0 Å². The maximum atomic E-state index is 5.50. The highest BCUT2D eigenvalue weighted by Crippen LogP contribution is 2.25. The predicted octanol–water partition coefficient (Wildman–Crippen LogP) is 3.57. The number of aromatic nitrogens is 2. The lowest BCUT2D eigenvalue weighted by molar-refractivity contribution is 0.561. The summed E-state index contributed by atoms with van der Waals surface area (Å²) < 4.78 is 5.50. The molecule has 0 spiro atoms. The Morgan fingerprint density at radius 1 is 1.19 bits per heavy atom. The van der Waals surface area contributed by atoms with Crippen LogP contribution in [0.3, 0.4) is 0 Å². The zero-order valence-corrected chi connectivity index (χ0v) is 9.84. The third-order valence-corrected chi connectivity index (χ3v) is 3.18. The number of nitrogens with zero attached hydrogens (tertiary/aromatic N) is 2. The first-order valence-corrected chi connectivity index (χ1v) is 5.90. The van der Waals surface area contributed by atoms with Crippen LogP contribution in [0.1, 0.15) is 10.9 Å². The quantitative estimate of drug-likeness (QED) is 0.641. The van der Waals surface area contributed by atoms with Gasteiger partial charge in [0.05, 0.1) is 10.7 Å². The van der Waals surface area contributed by atoms with Crippen molar-refractivity contribution in [2.75, 3.05) is 0 Å². The van der Waals surface area contributed by atoms with E-state index < -0.39 is 0 Å². The lowest BCUT2D eigenvalue weighted by Gasteiger charge is -1.94. The molecule has 3 rings (SSSR count). The highest BCUT2D eigenvalue weighted by atomic mass is 32.1. The monoisotopic (exact) mass is 230 g/mol. The molecule has 0 saturated heterocycles.